The number of halogens is 2. The lowest BCUT2D eigenvalue weighted by Gasteiger charge is -2.08. The Kier molecular flexibility index (Phi) is 4.16. The van der Waals surface area contributed by atoms with E-state index >= 15 is 0 Å². The average molecular weight is 361 g/mol. The van der Waals surface area contributed by atoms with E-state index in [1.807, 2.05) is 12.3 Å². The van der Waals surface area contributed by atoms with Gasteiger partial charge in [0.05, 0.1) is 8.61 Å². The van der Waals surface area contributed by atoms with Crippen LogP contribution in [-0.2, 0) is 6.42 Å². The molecule has 84 valence electrons. The van der Waals surface area contributed by atoms with Crippen molar-refractivity contribution in [3.8, 4) is 0 Å². The Hall–Kier alpha value is -0.190. The molecule has 0 bridgehead atoms. The Labute approximate surface area is 116 Å². The van der Waals surface area contributed by atoms with E-state index in [4.69, 9.17) is 0 Å². The number of thiophene rings is 1. The van der Waals surface area contributed by atoms with Gasteiger partial charge in [-0.1, -0.05) is 22.0 Å². The molecule has 1 unspecified atom stereocenters. The highest BCUT2D eigenvalue weighted by atomic mass is 79.9. The maximum absolute atomic E-state index is 4.41. The topological polar surface area (TPSA) is 12.9 Å². The predicted molar refractivity (Wildman–Crippen MR) is 76.4 cm³/mol. The summed E-state index contributed by atoms with van der Waals surface area (Å²) in [5, 5.41) is 0. The van der Waals surface area contributed by atoms with E-state index in [1.54, 1.807) is 11.3 Å². The summed E-state index contributed by atoms with van der Waals surface area (Å²) in [6, 6.07) is 8.31. The third kappa shape index (κ3) is 2.93. The lowest BCUT2D eigenvalue weighted by Crippen LogP contribution is -1.98. The Morgan fingerprint density at radius 1 is 1.38 bits per heavy atom. The van der Waals surface area contributed by atoms with Gasteiger partial charge in [0.2, 0.25) is 0 Å². The van der Waals surface area contributed by atoms with E-state index in [1.165, 1.54) is 14.2 Å². The first kappa shape index (κ1) is 12.3. The molecule has 0 aliphatic carbocycles. The summed E-state index contributed by atoms with van der Waals surface area (Å²) in [5.41, 5.74) is 2.41. The number of hydrogen-bond donors (Lipinski definition) is 0. The van der Waals surface area contributed by atoms with Crippen molar-refractivity contribution in [2.75, 3.05) is 0 Å². The van der Waals surface area contributed by atoms with Crippen LogP contribution in [0.2, 0.25) is 0 Å². The Morgan fingerprint density at radius 3 is 2.81 bits per heavy atom. The van der Waals surface area contributed by atoms with Gasteiger partial charge < -0.3 is 0 Å². The molecular weight excluding hydrogens is 350 g/mol. The number of hydrogen-bond acceptors (Lipinski definition) is 2. The van der Waals surface area contributed by atoms with Crippen molar-refractivity contribution >= 4 is 43.2 Å². The minimum absolute atomic E-state index is 0.345. The summed E-state index contributed by atoms with van der Waals surface area (Å²) in [4.78, 5) is 6.09. The molecular formula is C12H11Br2NS. The van der Waals surface area contributed by atoms with Crippen molar-refractivity contribution < 1.29 is 0 Å². The smallest absolute Gasteiger partial charge is 0.0701 e. The monoisotopic (exact) mass is 359 g/mol. The summed E-state index contributed by atoms with van der Waals surface area (Å²) in [5.74, 6) is 0. The molecule has 2 heterocycles. The first-order valence-corrected chi connectivity index (χ1v) is 7.49. The maximum atomic E-state index is 4.41. The number of pyridine rings is 1. The number of aromatic nitrogens is 1. The third-order valence-electron chi connectivity index (χ3n) is 2.39. The fourth-order valence-corrected chi connectivity index (χ4v) is 3.64. The van der Waals surface area contributed by atoms with E-state index in [0.29, 0.717) is 4.83 Å². The molecule has 2 aromatic rings. The first-order valence-electron chi connectivity index (χ1n) is 4.96. The summed E-state index contributed by atoms with van der Waals surface area (Å²) in [7, 11) is 0. The normalized spacial score (nSPS) is 12.7. The van der Waals surface area contributed by atoms with Crippen LogP contribution in [0.3, 0.4) is 0 Å². The Bertz CT molecular complexity index is 481. The van der Waals surface area contributed by atoms with Crippen LogP contribution >= 0.6 is 43.2 Å². The molecule has 4 heteroatoms. The zero-order valence-electron chi connectivity index (χ0n) is 8.78. The van der Waals surface area contributed by atoms with Gasteiger partial charge in [-0.05, 0) is 46.6 Å². The van der Waals surface area contributed by atoms with Gasteiger partial charge in [0.15, 0.2) is 0 Å². The molecule has 0 saturated heterocycles. The third-order valence-corrected chi connectivity index (χ3v) is 5.25. The quantitative estimate of drug-likeness (QED) is 0.710. The van der Waals surface area contributed by atoms with E-state index in [2.05, 4.69) is 62.0 Å². The van der Waals surface area contributed by atoms with Crippen LogP contribution in [0.15, 0.2) is 34.2 Å². The lowest BCUT2D eigenvalue weighted by atomic mass is 10.1. The average Bonchev–Trinajstić information content (AvgIpc) is 2.68. The van der Waals surface area contributed by atoms with Gasteiger partial charge in [0, 0.05) is 23.2 Å². The van der Waals surface area contributed by atoms with Gasteiger partial charge >= 0.3 is 0 Å². The lowest BCUT2D eigenvalue weighted by molar-refractivity contribution is 0.905. The van der Waals surface area contributed by atoms with Gasteiger partial charge in [0.1, 0.15) is 0 Å². The molecule has 0 spiro atoms. The SMILES string of the molecule is Cc1cccnc1CC(Br)c1ccc(Br)s1. The standard InChI is InChI=1S/C12H11Br2NS/c1-8-3-2-6-15-10(8)7-9(13)11-4-5-12(14)16-11/h2-6,9H,7H2,1H3. The second-order valence-electron chi connectivity index (χ2n) is 3.58. The summed E-state index contributed by atoms with van der Waals surface area (Å²) >= 11 is 8.97. The van der Waals surface area contributed by atoms with Crippen LogP contribution in [0, 0.1) is 6.92 Å². The molecule has 0 fully saturated rings. The number of rotatable bonds is 3. The molecule has 0 aliphatic heterocycles. The largest absolute Gasteiger partial charge is 0.261 e. The van der Waals surface area contributed by atoms with Crippen LogP contribution < -0.4 is 0 Å². The van der Waals surface area contributed by atoms with Crippen LogP contribution in [0.25, 0.3) is 0 Å². The predicted octanol–water partition coefficient (Wildman–Crippen LogP) is 4.89. The molecule has 2 rings (SSSR count). The number of nitrogens with zero attached hydrogens (tertiary/aromatic N) is 1. The van der Waals surface area contributed by atoms with E-state index in [-0.39, 0.29) is 0 Å². The second-order valence-corrected chi connectivity index (χ2v) is 7.18. The summed E-state index contributed by atoms with van der Waals surface area (Å²) in [6.45, 7) is 2.10. The van der Waals surface area contributed by atoms with Gasteiger partial charge in [-0.15, -0.1) is 11.3 Å². The van der Waals surface area contributed by atoms with E-state index < -0.39 is 0 Å². The Morgan fingerprint density at radius 2 is 2.19 bits per heavy atom. The summed E-state index contributed by atoms with van der Waals surface area (Å²) < 4.78 is 1.17. The van der Waals surface area contributed by atoms with Gasteiger partial charge in [-0.25, -0.2) is 0 Å². The van der Waals surface area contributed by atoms with Crippen molar-refractivity contribution in [1.29, 1.82) is 0 Å². The van der Waals surface area contributed by atoms with E-state index in [9.17, 15) is 0 Å². The minimum atomic E-state index is 0.345. The van der Waals surface area contributed by atoms with Crippen molar-refractivity contribution in [2.45, 2.75) is 18.2 Å². The minimum Gasteiger partial charge on any atom is -0.261 e. The summed E-state index contributed by atoms with van der Waals surface area (Å²) in [6.07, 6.45) is 2.78. The van der Waals surface area contributed by atoms with Crippen LogP contribution in [0.5, 0.6) is 0 Å². The zero-order valence-corrected chi connectivity index (χ0v) is 12.8. The second kappa shape index (κ2) is 5.43. The molecule has 0 amide bonds. The highest BCUT2D eigenvalue weighted by Crippen LogP contribution is 2.34. The Balaban J connectivity index is 2.13. The zero-order chi connectivity index (χ0) is 11.5. The van der Waals surface area contributed by atoms with Crippen molar-refractivity contribution in [2.24, 2.45) is 0 Å². The van der Waals surface area contributed by atoms with Crippen molar-refractivity contribution in [3.05, 3.63) is 50.4 Å². The molecule has 16 heavy (non-hydrogen) atoms. The van der Waals surface area contributed by atoms with Crippen LogP contribution in [0.1, 0.15) is 21.0 Å². The van der Waals surface area contributed by atoms with Gasteiger partial charge in [-0.2, -0.15) is 0 Å². The maximum Gasteiger partial charge on any atom is 0.0701 e. The molecule has 1 atom stereocenters. The highest BCUT2D eigenvalue weighted by molar-refractivity contribution is 9.11. The van der Waals surface area contributed by atoms with Crippen molar-refractivity contribution in [1.82, 2.24) is 4.98 Å². The highest BCUT2D eigenvalue weighted by Gasteiger charge is 2.12. The fraction of sp³-hybridized carbons (Fsp3) is 0.250. The fourth-order valence-electron chi connectivity index (χ4n) is 1.50. The molecule has 2 aromatic heterocycles. The molecule has 0 radical (unpaired) electrons. The van der Waals surface area contributed by atoms with Crippen LogP contribution in [-0.4, -0.2) is 4.98 Å². The molecule has 1 nitrogen and oxygen atoms in total. The van der Waals surface area contributed by atoms with E-state index in [0.717, 1.165) is 12.1 Å². The van der Waals surface area contributed by atoms with Gasteiger partial charge in [-0.3, -0.25) is 4.98 Å². The van der Waals surface area contributed by atoms with Gasteiger partial charge in [0.25, 0.3) is 0 Å². The molecule has 0 aromatic carbocycles. The first-order chi connectivity index (χ1) is 7.66. The number of alkyl halides is 1. The molecule has 0 aliphatic rings. The molecule has 0 saturated carbocycles. The number of aryl methyl sites for hydroxylation is 1. The molecule has 0 N–H and O–H groups in total. The van der Waals surface area contributed by atoms with Crippen LogP contribution in [0.4, 0.5) is 0 Å². The van der Waals surface area contributed by atoms with Crippen molar-refractivity contribution in [3.63, 3.8) is 0 Å².